The van der Waals surface area contributed by atoms with E-state index in [-0.39, 0.29) is 12.1 Å². The van der Waals surface area contributed by atoms with Gasteiger partial charge in [-0.25, -0.2) is 4.79 Å². The SMILES string of the molecule is O=C(Nc1ccccc1)N1CCN(C(c2ccc(Cl)cc2)c2cccnc2)CC1. The molecule has 0 aliphatic carbocycles. The smallest absolute Gasteiger partial charge is 0.321 e. The summed E-state index contributed by atoms with van der Waals surface area (Å²) in [7, 11) is 0. The number of amides is 2. The van der Waals surface area contributed by atoms with Gasteiger partial charge in [0.15, 0.2) is 0 Å². The van der Waals surface area contributed by atoms with Crippen LogP contribution in [-0.2, 0) is 0 Å². The van der Waals surface area contributed by atoms with Gasteiger partial charge >= 0.3 is 6.03 Å². The number of pyridine rings is 1. The fraction of sp³-hybridized carbons (Fsp3) is 0.217. The van der Waals surface area contributed by atoms with E-state index in [1.54, 1.807) is 6.20 Å². The number of piperazine rings is 1. The van der Waals surface area contributed by atoms with Gasteiger partial charge in [-0.2, -0.15) is 0 Å². The summed E-state index contributed by atoms with van der Waals surface area (Å²) >= 11 is 6.09. The van der Waals surface area contributed by atoms with Gasteiger partial charge in [-0.15, -0.1) is 0 Å². The molecule has 2 aromatic carbocycles. The van der Waals surface area contributed by atoms with Gasteiger partial charge in [0, 0.05) is 49.3 Å². The topological polar surface area (TPSA) is 48.5 Å². The van der Waals surface area contributed by atoms with E-state index >= 15 is 0 Å². The summed E-state index contributed by atoms with van der Waals surface area (Å²) < 4.78 is 0. The van der Waals surface area contributed by atoms with E-state index in [2.05, 4.69) is 33.4 Å². The first-order valence-electron chi connectivity index (χ1n) is 9.71. The standard InChI is InChI=1S/C23H23ClN4O/c24-20-10-8-18(9-11-20)22(19-5-4-12-25-17-19)27-13-15-28(16-14-27)23(29)26-21-6-2-1-3-7-21/h1-12,17,22H,13-16H2,(H,26,29). The lowest BCUT2D eigenvalue weighted by molar-refractivity contribution is 0.126. The van der Waals surface area contributed by atoms with Gasteiger partial charge < -0.3 is 10.2 Å². The van der Waals surface area contributed by atoms with Crippen LogP contribution in [0.15, 0.2) is 79.1 Å². The van der Waals surface area contributed by atoms with Gasteiger partial charge in [0.2, 0.25) is 0 Å². The largest absolute Gasteiger partial charge is 0.322 e. The fourth-order valence-electron chi connectivity index (χ4n) is 3.70. The van der Waals surface area contributed by atoms with Crippen LogP contribution in [0, 0.1) is 0 Å². The van der Waals surface area contributed by atoms with Crippen molar-refractivity contribution in [1.82, 2.24) is 14.8 Å². The number of para-hydroxylation sites is 1. The number of carbonyl (C=O) groups excluding carboxylic acids is 1. The maximum atomic E-state index is 12.6. The van der Waals surface area contributed by atoms with E-state index < -0.39 is 0 Å². The molecular formula is C23H23ClN4O. The minimum atomic E-state index is -0.0553. The highest BCUT2D eigenvalue weighted by Crippen LogP contribution is 2.30. The molecule has 0 bridgehead atoms. The number of aromatic nitrogens is 1. The Bertz CT molecular complexity index is 926. The average Bonchev–Trinajstić information content (AvgIpc) is 2.77. The van der Waals surface area contributed by atoms with Crippen molar-refractivity contribution >= 4 is 23.3 Å². The molecule has 1 N–H and O–H groups in total. The van der Waals surface area contributed by atoms with Gasteiger partial charge in [0.1, 0.15) is 0 Å². The van der Waals surface area contributed by atoms with Crippen LogP contribution < -0.4 is 5.32 Å². The van der Waals surface area contributed by atoms with Crippen molar-refractivity contribution in [3.8, 4) is 0 Å². The molecule has 0 spiro atoms. The molecule has 29 heavy (non-hydrogen) atoms. The van der Waals surface area contributed by atoms with Crippen LogP contribution in [0.2, 0.25) is 5.02 Å². The third-order valence-corrected chi connectivity index (χ3v) is 5.43. The second-order valence-corrected chi connectivity index (χ2v) is 7.50. The number of anilines is 1. The van der Waals surface area contributed by atoms with Gasteiger partial charge in [-0.1, -0.05) is 48.0 Å². The summed E-state index contributed by atoms with van der Waals surface area (Å²) in [5.41, 5.74) is 3.12. The third-order valence-electron chi connectivity index (χ3n) is 5.18. The highest BCUT2D eigenvalue weighted by Gasteiger charge is 2.28. The van der Waals surface area contributed by atoms with Gasteiger partial charge in [-0.05, 0) is 41.5 Å². The predicted molar refractivity (Wildman–Crippen MR) is 116 cm³/mol. The first kappa shape index (κ1) is 19.4. The average molecular weight is 407 g/mol. The molecule has 1 fully saturated rings. The van der Waals surface area contributed by atoms with Crippen LogP contribution in [0.25, 0.3) is 0 Å². The first-order valence-corrected chi connectivity index (χ1v) is 10.1. The van der Waals surface area contributed by atoms with Crippen molar-refractivity contribution in [1.29, 1.82) is 0 Å². The number of nitrogens with one attached hydrogen (secondary N) is 1. The van der Waals surface area contributed by atoms with E-state index in [0.29, 0.717) is 13.1 Å². The zero-order valence-corrected chi connectivity index (χ0v) is 16.8. The van der Waals surface area contributed by atoms with Crippen molar-refractivity contribution in [2.75, 3.05) is 31.5 Å². The van der Waals surface area contributed by atoms with Crippen molar-refractivity contribution in [3.05, 3.63) is 95.3 Å². The minimum Gasteiger partial charge on any atom is -0.322 e. The van der Waals surface area contributed by atoms with Crippen molar-refractivity contribution in [2.24, 2.45) is 0 Å². The number of carbonyl (C=O) groups is 1. The molecule has 2 amide bonds. The van der Waals surface area contributed by atoms with Gasteiger partial charge in [0.05, 0.1) is 6.04 Å². The zero-order chi connectivity index (χ0) is 20.1. The van der Waals surface area contributed by atoms with Gasteiger partial charge in [-0.3, -0.25) is 9.88 Å². The Morgan fingerprint density at radius 2 is 1.62 bits per heavy atom. The zero-order valence-electron chi connectivity index (χ0n) is 16.0. The molecule has 1 unspecified atom stereocenters. The molecule has 1 aromatic heterocycles. The number of rotatable bonds is 4. The van der Waals surface area contributed by atoms with E-state index in [1.165, 1.54) is 5.56 Å². The molecule has 0 radical (unpaired) electrons. The lowest BCUT2D eigenvalue weighted by atomic mass is 9.97. The van der Waals surface area contributed by atoms with Crippen molar-refractivity contribution in [3.63, 3.8) is 0 Å². The molecule has 2 heterocycles. The molecule has 1 aliphatic heterocycles. The highest BCUT2D eigenvalue weighted by atomic mass is 35.5. The van der Waals surface area contributed by atoms with Crippen LogP contribution in [0.5, 0.6) is 0 Å². The summed E-state index contributed by atoms with van der Waals surface area (Å²) in [4.78, 5) is 21.2. The van der Waals surface area contributed by atoms with E-state index in [1.807, 2.05) is 59.6 Å². The van der Waals surface area contributed by atoms with Crippen molar-refractivity contribution in [2.45, 2.75) is 6.04 Å². The quantitative estimate of drug-likeness (QED) is 0.684. The summed E-state index contributed by atoms with van der Waals surface area (Å²) in [5.74, 6) is 0. The molecule has 4 rings (SSSR count). The van der Waals surface area contributed by atoms with E-state index in [9.17, 15) is 4.79 Å². The van der Waals surface area contributed by atoms with Crippen LogP contribution >= 0.6 is 11.6 Å². The predicted octanol–water partition coefficient (Wildman–Crippen LogP) is 4.67. The summed E-state index contributed by atoms with van der Waals surface area (Å²) in [5, 5.41) is 3.69. The molecule has 3 aromatic rings. The molecule has 6 heteroatoms. The Morgan fingerprint density at radius 3 is 2.28 bits per heavy atom. The number of hydrogen-bond donors (Lipinski definition) is 1. The summed E-state index contributed by atoms with van der Waals surface area (Å²) in [6, 6.07) is 21.6. The normalized spacial score (nSPS) is 15.7. The van der Waals surface area contributed by atoms with Crippen LogP contribution in [0.3, 0.4) is 0 Å². The summed E-state index contributed by atoms with van der Waals surface area (Å²) in [6.45, 7) is 2.90. The minimum absolute atomic E-state index is 0.0553. The van der Waals surface area contributed by atoms with Crippen LogP contribution in [0.1, 0.15) is 17.2 Å². The Morgan fingerprint density at radius 1 is 0.897 bits per heavy atom. The molecule has 5 nitrogen and oxygen atoms in total. The number of urea groups is 1. The van der Waals surface area contributed by atoms with E-state index in [0.717, 1.165) is 29.4 Å². The molecule has 1 saturated heterocycles. The summed E-state index contributed by atoms with van der Waals surface area (Å²) in [6.07, 6.45) is 3.70. The van der Waals surface area contributed by atoms with Crippen molar-refractivity contribution < 1.29 is 4.79 Å². The number of hydrogen-bond acceptors (Lipinski definition) is 3. The highest BCUT2D eigenvalue weighted by molar-refractivity contribution is 6.30. The van der Waals surface area contributed by atoms with Gasteiger partial charge in [0.25, 0.3) is 0 Å². The Labute approximate surface area is 175 Å². The number of halogens is 1. The fourth-order valence-corrected chi connectivity index (χ4v) is 3.83. The number of nitrogens with zero attached hydrogens (tertiary/aromatic N) is 3. The molecular weight excluding hydrogens is 384 g/mol. The molecule has 1 aliphatic rings. The second-order valence-electron chi connectivity index (χ2n) is 7.06. The van der Waals surface area contributed by atoms with Crippen LogP contribution in [-0.4, -0.2) is 47.0 Å². The lowest BCUT2D eigenvalue weighted by Gasteiger charge is -2.39. The molecule has 148 valence electrons. The number of benzene rings is 2. The maximum absolute atomic E-state index is 12.6. The van der Waals surface area contributed by atoms with E-state index in [4.69, 9.17) is 11.6 Å². The Balaban J connectivity index is 1.47. The second kappa shape index (κ2) is 9.07. The Kier molecular flexibility index (Phi) is 6.08. The third kappa shape index (κ3) is 4.75. The first-order chi connectivity index (χ1) is 14.2. The lowest BCUT2D eigenvalue weighted by Crippen LogP contribution is -2.51. The molecule has 0 saturated carbocycles. The monoisotopic (exact) mass is 406 g/mol. The Hall–Kier alpha value is -2.89. The maximum Gasteiger partial charge on any atom is 0.321 e. The molecule has 1 atom stereocenters. The van der Waals surface area contributed by atoms with Crippen LogP contribution in [0.4, 0.5) is 10.5 Å².